The third kappa shape index (κ3) is 3.12. The number of rotatable bonds is 4. The van der Waals surface area contributed by atoms with Gasteiger partial charge in [0, 0.05) is 17.2 Å². The van der Waals surface area contributed by atoms with E-state index in [-0.39, 0.29) is 5.97 Å². The van der Waals surface area contributed by atoms with E-state index in [9.17, 15) is 10.1 Å². The van der Waals surface area contributed by atoms with Crippen LogP contribution in [-0.4, -0.2) is 23.0 Å². The Morgan fingerprint density at radius 2 is 2.28 bits per heavy atom. The number of aromatic amines is 1. The van der Waals surface area contributed by atoms with Gasteiger partial charge in [0.1, 0.15) is 16.8 Å². The molecule has 0 aliphatic heterocycles. The van der Waals surface area contributed by atoms with Crippen LogP contribution in [0.5, 0.6) is 0 Å². The summed E-state index contributed by atoms with van der Waals surface area (Å²) in [6.07, 6.45) is 3.20. The maximum absolute atomic E-state index is 11.9. The van der Waals surface area contributed by atoms with Gasteiger partial charge in [-0.3, -0.25) is 0 Å². The second kappa shape index (κ2) is 6.79. The molecule has 3 rings (SSSR count). The molecule has 6 nitrogen and oxygen atoms in total. The number of H-pyrrole nitrogens is 1. The number of nitriles is 1. The van der Waals surface area contributed by atoms with Gasteiger partial charge >= 0.3 is 5.97 Å². The minimum atomic E-state index is -0.386. The normalized spacial score (nSPS) is 11.4. The highest BCUT2D eigenvalue weighted by Gasteiger charge is 2.21. The number of furan rings is 1. The lowest BCUT2D eigenvalue weighted by Crippen LogP contribution is -2.03. The van der Waals surface area contributed by atoms with Crippen molar-refractivity contribution in [2.45, 2.75) is 13.8 Å². The number of allylic oxidation sites excluding steroid dienone is 1. The van der Waals surface area contributed by atoms with Crippen molar-refractivity contribution in [1.82, 2.24) is 9.97 Å². The second-order valence-electron chi connectivity index (χ2n) is 5.34. The Labute approximate surface area is 148 Å². The molecule has 1 N–H and O–H groups in total. The molecule has 0 saturated carbocycles. The lowest BCUT2D eigenvalue weighted by Gasteiger charge is -1.99. The molecular weight excluding hydrogens is 338 g/mol. The monoisotopic (exact) mass is 353 g/mol. The smallest absolute Gasteiger partial charge is 0.339 e. The summed E-state index contributed by atoms with van der Waals surface area (Å²) >= 11 is 1.36. The number of thiazole rings is 1. The quantitative estimate of drug-likeness (QED) is 0.560. The number of carbonyl (C=O) groups is 1. The highest BCUT2D eigenvalue weighted by molar-refractivity contribution is 7.11. The lowest BCUT2D eigenvalue weighted by molar-refractivity contribution is 0.0599. The minimum Gasteiger partial charge on any atom is -0.465 e. The standard InChI is InChI=1S/C18H15N3O3S/c1-10-15(18(22)23-3)11(2)20-16(10)14-9-25-17(21-14)12(8-19)7-13-5-4-6-24-13/h4-7,9,20H,1-3H3/b12-7+. The van der Waals surface area contributed by atoms with E-state index in [1.54, 1.807) is 24.5 Å². The van der Waals surface area contributed by atoms with E-state index >= 15 is 0 Å². The number of nitrogens with zero attached hydrogens (tertiary/aromatic N) is 2. The van der Waals surface area contributed by atoms with Crippen molar-refractivity contribution in [3.05, 3.63) is 51.4 Å². The zero-order chi connectivity index (χ0) is 18.0. The summed E-state index contributed by atoms with van der Waals surface area (Å²) < 4.78 is 10.1. The highest BCUT2D eigenvalue weighted by atomic mass is 32.1. The van der Waals surface area contributed by atoms with E-state index in [0.717, 1.165) is 17.0 Å². The summed E-state index contributed by atoms with van der Waals surface area (Å²) in [6, 6.07) is 5.67. The van der Waals surface area contributed by atoms with Crippen molar-refractivity contribution in [3.8, 4) is 17.5 Å². The first-order valence-electron chi connectivity index (χ1n) is 7.44. The van der Waals surface area contributed by atoms with Gasteiger partial charge < -0.3 is 14.1 Å². The van der Waals surface area contributed by atoms with Crippen molar-refractivity contribution in [1.29, 1.82) is 5.26 Å². The topological polar surface area (TPSA) is 91.9 Å². The summed E-state index contributed by atoms with van der Waals surface area (Å²) in [4.78, 5) is 19.6. The predicted molar refractivity (Wildman–Crippen MR) is 94.9 cm³/mol. The van der Waals surface area contributed by atoms with E-state index < -0.39 is 0 Å². The summed E-state index contributed by atoms with van der Waals surface area (Å²) in [7, 11) is 1.35. The van der Waals surface area contributed by atoms with Gasteiger partial charge in [-0.2, -0.15) is 5.26 Å². The lowest BCUT2D eigenvalue weighted by atomic mass is 10.1. The first-order valence-corrected chi connectivity index (χ1v) is 8.32. The summed E-state index contributed by atoms with van der Waals surface area (Å²) in [6.45, 7) is 3.65. The van der Waals surface area contributed by atoms with Crippen LogP contribution in [0.1, 0.15) is 32.4 Å². The third-order valence-corrected chi connectivity index (χ3v) is 4.64. The Hall–Kier alpha value is -3.11. The van der Waals surface area contributed by atoms with Crippen LogP contribution < -0.4 is 0 Å². The average Bonchev–Trinajstić information content (AvgIpc) is 3.33. The number of carbonyl (C=O) groups excluding carboxylic acids is 1. The molecule has 0 saturated heterocycles. The number of hydrogen-bond acceptors (Lipinski definition) is 6. The van der Waals surface area contributed by atoms with Crippen LogP contribution in [0.3, 0.4) is 0 Å². The van der Waals surface area contributed by atoms with Crippen LogP contribution in [0, 0.1) is 25.2 Å². The molecule has 0 atom stereocenters. The van der Waals surface area contributed by atoms with Crippen LogP contribution in [0.2, 0.25) is 0 Å². The number of hydrogen-bond donors (Lipinski definition) is 1. The van der Waals surface area contributed by atoms with Gasteiger partial charge in [0.25, 0.3) is 0 Å². The maximum atomic E-state index is 11.9. The molecule has 0 amide bonds. The predicted octanol–water partition coefficient (Wildman–Crippen LogP) is 4.20. The van der Waals surface area contributed by atoms with Crippen LogP contribution >= 0.6 is 11.3 Å². The molecular formula is C18H15N3O3S. The highest BCUT2D eigenvalue weighted by Crippen LogP contribution is 2.31. The SMILES string of the molecule is COC(=O)c1c(C)[nH]c(-c2csc(/C(C#N)=C/c3ccco3)n2)c1C. The fourth-order valence-electron chi connectivity index (χ4n) is 2.58. The number of methoxy groups -OCH3 is 1. The minimum absolute atomic E-state index is 0.386. The molecule has 7 heteroatoms. The summed E-state index contributed by atoms with van der Waals surface area (Å²) in [5.41, 5.74) is 3.85. The van der Waals surface area contributed by atoms with Crippen molar-refractivity contribution >= 4 is 29.0 Å². The molecule has 0 bridgehead atoms. The Morgan fingerprint density at radius 3 is 2.92 bits per heavy atom. The van der Waals surface area contributed by atoms with E-state index in [0.29, 0.717) is 27.6 Å². The van der Waals surface area contributed by atoms with Gasteiger partial charge in [-0.15, -0.1) is 11.3 Å². The maximum Gasteiger partial charge on any atom is 0.339 e. The van der Waals surface area contributed by atoms with Crippen molar-refractivity contribution < 1.29 is 13.9 Å². The molecule has 3 aromatic rings. The average molecular weight is 353 g/mol. The Bertz CT molecular complexity index is 988. The van der Waals surface area contributed by atoms with Crippen LogP contribution in [-0.2, 0) is 4.74 Å². The molecule has 25 heavy (non-hydrogen) atoms. The van der Waals surface area contributed by atoms with E-state index in [1.807, 2.05) is 19.2 Å². The Kier molecular flexibility index (Phi) is 4.55. The third-order valence-electron chi connectivity index (χ3n) is 3.77. The molecule has 0 aliphatic carbocycles. The summed E-state index contributed by atoms with van der Waals surface area (Å²) in [5.74, 6) is 0.205. The largest absolute Gasteiger partial charge is 0.465 e. The van der Waals surface area contributed by atoms with E-state index in [1.165, 1.54) is 18.4 Å². The van der Waals surface area contributed by atoms with Crippen LogP contribution in [0.15, 0.2) is 28.2 Å². The molecule has 3 heterocycles. The van der Waals surface area contributed by atoms with Crippen LogP contribution in [0.25, 0.3) is 23.0 Å². The molecule has 0 radical (unpaired) electrons. The van der Waals surface area contributed by atoms with Gasteiger partial charge in [-0.05, 0) is 31.5 Å². The van der Waals surface area contributed by atoms with Gasteiger partial charge in [-0.1, -0.05) is 0 Å². The Morgan fingerprint density at radius 1 is 1.48 bits per heavy atom. The van der Waals surface area contributed by atoms with Gasteiger partial charge in [0.15, 0.2) is 0 Å². The zero-order valence-corrected chi connectivity index (χ0v) is 14.7. The molecule has 126 valence electrons. The van der Waals surface area contributed by atoms with Gasteiger partial charge in [0.2, 0.25) is 0 Å². The number of esters is 1. The van der Waals surface area contributed by atoms with Crippen molar-refractivity contribution in [2.75, 3.05) is 7.11 Å². The fraction of sp³-hybridized carbons (Fsp3) is 0.167. The molecule has 0 spiro atoms. The van der Waals surface area contributed by atoms with Gasteiger partial charge in [0.05, 0.1) is 35.9 Å². The summed E-state index contributed by atoms with van der Waals surface area (Å²) in [5, 5.41) is 11.8. The van der Waals surface area contributed by atoms with E-state index in [4.69, 9.17) is 9.15 Å². The first-order chi connectivity index (χ1) is 12.0. The zero-order valence-electron chi connectivity index (χ0n) is 13.9. The van der Waals surface area contributed by atoms with Crippen molar-refractivity contribution in [2.24, 2.45) is 0 Å². The number of ether oxygens (including phenoxy) is 1. The molecule has 0 aliphatic rings. The van der Waals surface area contributed by atoms with Crippen molar-refractivity contribution in [3.63, 3.8) is 0 Å². The molecule has 0 aromatic carbocycles. The molecule has 0 unspecified atom stereocenters. The fourth-order valence-corrected chi connectivity index (χ4v) is 3.36. The second-order valence-corrected chi connectivity index (χ2v) is 6.20. The van der Waals surface area contributed by atoms with Gasteiger partial charge in [-0.25, -0.2) is 9.78 Å². The Balaban J connectivity index is 2.00. The molecule has 3 aromatic heterocycles. The number of aromatic nitrogens is 2. The first kappa shape index (κ1) is 16.7. The van der Waals surface area contributed by atoms with Crippen LogP contribution in [0.4, 0.5) is 0 Å². The molecule has 0 fully saturated rings. The van der Waals surface area contributed by atoms with E-state index in [2.05, 4.69) is 16.0 Å². The number of aryl methyl sites for hydroxylation is 1. The number of nitrogens with one attached hydrogen (secondary N) is 1.